The fourth-order valence-electron chi connectivity index (χ4n) is 4.54. The maximum absolute atomic E-state index is 10.1. The van der Waals surface area contributed by atoms with Gasteiger partial charge in [0.25, 0.3) is 0 Å². The number of rotatable bonds is 7. The van der Waals surface area contributed by atoms with Gasteiger partial charge in [0.2, 0.25) is 0 Å². The molecule has 0 bridgehead atoms. The van der Waals surface area contributed by atoms with Gasteiger partial charge in [-0.15, -0.1) is 0 Å². The lowest BCUT2D eigenvalue weighted by Gasteiger charge is -2.48. The Hall–Kier alpha value is -1.30. The molecule has 0 unspecified atom stereocenters. The summed E-state index contributed by atoms with van der Waals surface area (Å²) in [5, 5.41) is 13.6. The van der Waals surface area contributed by atoms with Crippen molar-refractivity contribution in [2.24, 2.45) is 0 Å². The fraction of sp³-hybridized carbons (Fsp3) is 0.727. The minimum atomic E-state index is 0.303. The van der Waals surface area contributed by atoms with Crippen LogP contribution < -0.4 is 5.32 Å². The Morgan fingerprint density at radius 2 is 1.85 bits per heavy atom. The molecule has 1 aromatic carbocycles. The molecule has 0 atom stereocenters. The summed E-state index contributed by atoms with van der Waals surface area (Å²) in [6, 6.07) is 6.19. The van der Waals surface area contributed by atoms with E-state index in [9.17, 15) is 5.11 Å². The molecule has 0 amide bonds. The van der Waals surface area contributed by atoms with Crippen LogP contribution in [0, 0.1) is 6.92 Å². The highest BCUT2D eigenvalue weighted by molar-refractivity contribution is 5.57. The SMILES string of the molecule is COCCOC1CCC(C)(N2CCC(Nc3cc(C)ccc3O)CC2)CC1. The van der Waals surface area contributed by atoms with E-state index in [4.69, 9.17) is 9.47 Å². The number of piperidine rings is 1. The predicted molar refractivity (Wildman–Crippen MR) is 110 cm³/mol. The summed E-state index contributed by atoms with van der Waals surface area (Å²) in [4.78, 5) is 2.69. The topological polar surface area (TPSA) is 54.0 Å². The van der Waals surface area contributed by atoms with Crippen molar-refractivity contribution in [1.29, 1.82) is 0 Å². The van der Waals surface area contributed by atoms with Crippen LogP contribution in [0.25, 0.3) is 0 Å². The van der Waals surface area contributed by atoms with Crippen LogP contribution in [0.15, 0.2) is 18.2 Å². The third kappa shape index (κ3) is 5.37. The summed E-state index contributed by atoms with van der Waals surface area (Å²) >= 11 is 0. The first-order valence-corrected chi connectivity index (χ1v) is 10.4. The lowest BCUT2D eigenvalue weighted by Crippen LogP contribution is -2.53. The molecule has 2 aliphatic rings. The predicted octanol–water partition coefficient (Wildman–Crippen LogP) is 3.94. The molecule has 1 heterocycles. The number of hydrogen-bond donors (Lipinski definition) is 2. The van der Waals surface area contributed by atoms with Crippen molar-refractivity contribution in [2.45, 2.75) is 70.1 Å². The second kappa shape index (κ2) is 9.26. The highest BCUT2D eigenvalue weighted by atomic mass is 16.5. The van der Waals surface area contributed by atoms with Crippen LogP contribution in [-0.4, -0.2) is 61.1 Å². The number of ether oxygens (including phenoxy) is 2. The Bertz CT molecular complexity index is 591. The highest BCUT2D eigenvalue weighted by Crippen LogP contribution is 2.37. The number of likely N-dealkylation sites (tertiary alicyclic amines) is 1. The molecule has 1 saturated heterocycles. The third-order valence-corrected chi connectivity index (χ3v) is 6.42. The van der Waals surface area contributed by atoms with Crippen molar-refractivity contribution in [2.75, 3.05) is 38.7 Å². The molecule has 1 aliphatic carbocycles. The summed E-state index contributed by atoms with van der Waals surface area (Å²) < 4.78 is 11.0. The van der Waals surface area contributed by atoms with E-state index in [0.29, 0.717) is 36.6 Å². The molecule has 3 rings (SSSR count). The number of nitrogens with zero attached hydrogens (tertiary/aromatic N) is 1. The maximum Gasteiger partial charge on any atom is 0.138 e. The normalized spacial score (nSPS) is 27.6. The van der Waals surface area contributed by atoms with E-state index >= 15 is 0 Å². The first-order valence-electron chi connectivity index (χ1n) is 10.4. The molecule has 5 heteroatoms. The van der Waals surface area contributed by atoms with Crippen LogP contribution in [0.5, 0.6) is 5.75 Å². The molecule has 1 saturated carbocycles. The molecule has 5 nitrogen and oxygen atoms in total. The van der Waals surface area contributed by atoms with E-state index in [1.807, 2.05) is 12.1 Å². The van der Waals surface area contributed by atoms with Gasteiger partial charge in [-0.2, -0.15) is 0 Å². The molecule has 152 valence electrons. The molecule has 27 heavy (non-hydrogen) atoms. The van der Waals surface area contributed by atoms with Crippen molar-refractivity contribution in [3.63, 3.8) is 0 Å². The number of benzene rings is 1. The van der Waals surface area contributed by atoms with Crippen molar-refractivity contribution < 1.29 is 14.6 Å². The number of aromatic hydroxyl groups is 1. The lowest BCUT2D eigenvalue weighted by molar-refractivity contribution is -0.0398. The van der Waals surface area contributed by atoms with E-state index in [-0.39, 0.29) is 0 Å². The zero-order valence-electron chi connectivity index (χ0n) is 17.2. The molecule has 2 fully saturated rings. The van der Waals surface area contributed by atoms with E-state index < -0.39 is 0 Å². The largest absolute Gasteiger partial charge is 0.506 e. The Kier molecular flexibility index (Phi) is 7.01. The zero-order valence-corrected chi connectivity index (χ0v) is 17.2. The molecule has 1 aliphatic heterocycles. The second-order valence-corrected chi connectivity index (χ2v) is 8.49. The molecular formula is C22H36N2O3. The van der Waals surface area contributed by atoms with Gasteiger partial charge < -0.3 is 19.9 Å². The minimum absolute atomic E-state index is 0.303. The number of phenols is 1. The van der Waals surface area contributed by atoms with Crippen LogP contribution in [0.1, 0.15) is 51.0 Å². The Labute approximate surface area is 164 Å². The highest BCUT2D eigenvalue weighted by Gasteiger charge is 2.38. The van der Waals surface area contributed by atoms with Gasteiger partial charge in [0.15, 0.2) is 0 Å². The number of anilines is 1. The first kappa shape index (κ1) is 20.4. The van der Waals surface area contributed by atoms with Crippen molar-refractivity contribution >= 4 is 5.69 Å². The van der Waals surface area contributed by atoms with Gasteiger partial charge >= 0.3 is 0 Å². The average Bonchev–Trinajstić information content (AvgIpc) is 2.67. The van der Waals surface area contributed by atoms with Gasteiger partial charge in [-0.1, -0.05) is 6.07 Å². The monoisotopic (exact) mass is 376 g/mol. The van der Waals surface area contributed by atoms with Crippen LogP contribution >= 0.6 is 0 Å². The van der Waals surface area contributed by atoms with E-state index in [1.54, 1.807) is 13.2 Å². The van der Waals surface area contributed by atoms with Crippen LogP contribution in [0.4, 0.5) is 5.69 Å². The molecular weight excluding hydrogens is 340 g/mol. The second-order valence-electron chi connectivity index (χ2n) is 8.49. The third-order valence-electron chi connectivity index (χ3n) is 6.42. The summed E-state index contributed by atoms with van der Waals surface area (Å²) in [5.74, 6) is 0.349. The zero-order chi connectivity index (χ0) is 19.3. The molecule has 2 N–H and O–H groups in total. The summed E-state index contributed by atoms with van der Waals surface area (Å²) in [5.41, 5.74) is 2.34. The molecule has 0 spiro atoms. The number of phenolic OH excluding ortho intramolecular Hbond substituents is 1. The maximum atomic E-state index is 10.1. The van der Waals surface area contributed by atoms with Gasteiger partial charge in [0, 0.05) is 31.8 Å². The van der Waals surface area contributed by atoms with Gasteiger partial charge in [0.1, 0.15) is 5.75 Å². The summed E-state index contributed by atoms with van der Waals surface area (Å²) in [7, 11) is 1.72. The van der Waals surface area contributed by atoms with Gasteiger partial charge in [0.05, 0.1) is 25.0 Å². The van der Waals surface area contributed by atoms with Crippen LogP contribution in [-0.2, 0) is 9.47 Å². The average molecular weight is 377 g/mol. The minimum Gasteiger partial charge on any atom is -0.506 e. The van der Waals surface area contributed by atoms with E-state index in [2.05, 4.69) is 24.1 Å². The smallest absolute Gasteiger partial charge is 0.138 e. The van der Waals surface area contributed by atoms with Crippen molar-refractivity contribution in [3.8, 4) is 5.75 Å². The van der Waals surface area contributed by atoms with Gasteiger partial charge in [-0.25, -0.2) is 0 Å². The van der Waals surface area contributed by atoms with Gasteiger partial charge in [-0.3, -0.25) is 4.90 Å². The lowest BCUT2D eigenvalue weighted by atomic mass is 9.79. The Morgan fingerprint density at radius 1 is 1.15 bits per heavy atom. The van der Waals surface area contributed by atoms with Crippen LogP contribution in [0.3, 0.4) is 0 Å². The Morgan fingerprint density at radius 3 is 2.52 bits per heavy atom. The number of methoxy groups -OCH3 is 1. The summed E-state index contributed by atoms with van der Waals surface area (Å²) in [6.07, 6.45) is 7.36. The summed E-state index contributed by atoms with van der Waals surface area (Å²) in [6.45, 7) is 8.12. The van der Waals surface area contributed by atoms with Crippen LogP contribution in [0.2, 0.25) is 0 Å². The Balaban J connectivity index is 1.45. The number of hydrogen-bond acceptors (Lipinski definition) is 5. The van der Waals surface area contributed by atoms with E-state index in [0.717, 1.165) is 44.5 Å². The molecule has 0 aromatic heterocycles. The van der Waals surface area contributed by atoms with E-state index in [1.165, 1.54) is 18.4 Å². The quantitative estimate of drug-likeness (QED) is 0.558. The number of nitrogens with one attached hydrogen (secondary N) is 1. The fourth-order valence-corrected chi connectivity index (χ4v) is 4.54. The van der Waals surface area contributed by atoms with Crippen molar-refractivity contribution in [3.05, 3.63) is 23.8 Å². The van der Waals surface area contributed by atoms with Gasteiger partial charge in [-0.05, 0) is 70.1 Å². The first-order chi connectivity index (χ1) is 13.0. The standard InChI is InChI=1S/C22H36N2O3/c1-17-4-5-21(25)20(16-17)23-18-8-12-24(13-9-18)22(2)10-6-19(7-11-22)27-15-14-26-3/h4-5,16,18-19,23,25H,6-15H2,1-3H3. The van der Waals surface area contributed by atoms with Crippen molar-refractivity contribution in [1.82, 2.24) is 4.90 Å². The molecule has 1 aromatic rings. The number of aryl methyl sites for hydroxylation is 1. The molecule has 0 radical (unpaired) electrons.